The minimum atomic E-state index is 0.0212. The molecule has 0 saturated heterocycles. The number of imidazole rings is 1. The molecule has 1 aromatic heterocycles. The lowest BCUT2D eigenvalue weighted by atomic mass is 10.4. The number of aromatic nitrogens is 2. The van der Waals surface area contributed by atoms with Gasteiger partial charge in [0.25, 0.3) is 0 Å². The molecule has 12 heavy (non-hydrogen) atoms. The maximum Gasteiger partial charge on any atom is 0.327 e. The Hall–Kier alpha value is -1.43. The molecule has 3 heteroatoms. The van der Waals surface area contributed by atoms with E-state index in [-0.39, 0.29) is 5.69 Å². The second-order valence-corrected chi connectivity index (χ2v) is 2.56. The van der Waals surface area contributed by atoms with Crippen LogP contribution in [0.25, 0.3) is 0 Å². The van der Waals surface area contributed by atoms with Crippen molar-refractivity contribution in [3.63, 3.8) is 0 Å². The monoisotopic (exact) mass is 164 g/mol. The van der Waals surface area contributed by atoms with Crippen molar-refractivity contribution >= 4 is 0 Å². The molecule has 3 nitrogen and oxygen atoms in total. The van der Waals surface area contributed by atoms with Gasteiger partial charge in [0.1, 0.15) is 0 Å². The molecule has 0 saturated carbocycles. The van der Waals surface area contributed by atoms with Crippen LogP contribution in [-0.4, -0.2) is 9.13 Å². The van der Waals surface area contributed by atoms with E-state index < -0.39 is 0 Å². The summed E-state index contributed by atoms with van der Waals surface area (Å²) in [5, 5.41) is 0. The molecular weight excluding hydrogens is 152 g/mol. The summed E-state index contributed by atoms with van der Waals surface area (Å²) < 4.78 is 3.21. The van der Waals surface area contributed by atoms with Crippen molar-refractivity contribution in [2.45, 2.75) is 19.9 Å². The van der Waals surface area contributed by atoms with Crippen LogP contribution in [0, 0.1) is 11.8 Å². The quantitative estimate of drug-likeness (QED) is 0.588. The topological polar surface area (TPSA) is 26.9 Å². The van der Waals surface area contributed by atoms with Crippen LogP contribution in [0.5, 0.6) is 0 Å². The lowest BCUT2D eigenvalue weighted by molar-refractivity contribution is 0.665. The number of hydrogen-bond acceptors (Lipinski definition) is 1. The summed E-state index contributed by atoms with van der Waals surface area (Å²) in [4.78, 5) is 11.2. The highest BCUT2D eigenvalue weighted by Gasteiger charge is 1.96. The molecule has 1 aromatic rings. The Morgan fingerprint density at radius 3 is 2.75 bits per heavy atom. The molecule has 1 rings (SSSR count). The number of hydrogen-bond donors (Lipinski definition) is 0. The standard InChI is InChI=1S/C9H12N2O/c1-3-4-5-6-11-8-7-10(2)9(11)12/h7-8H,5-6H2,1-2H3. The molecule has 0 amide bonds. The zero-order valence-corrected chi connectivity index (χ0v) is 7.37. The van der Waals surface area contributed by atoms with E-state index in [2.05, 4.69) is 11.8 Å². The summed E-state index contributed by atoms with van der Waals surface area (Å²) in [7, 11) is 1.74. The minimum absolute atomic E-state index is 0.0212. The smallest absolute Gasteiger partial charge is 0.302 e. The molecule has 0 aliphatic heterocycles. The Morgan fingerprint density at radius 1 is 1.50 bits per heavy atom. The third-order valence-corrected chi connectivity index (χ3v) is 1.67. The zero-order chi connectivity index (χ0) is 8.97. The molecule has 0 aliphatic rings. The number of rotatable bonds is 2. The summed E-state index contributed by atoms with van der Waals surface area (Å²) in [5.41, 5.74) is 0.0212. The minimum Gasteiger partial charge on any atom is -0.302 e. The lowest BCUT2D eigenvalue weighted by Gasteiger charge is -1.94. The van der Waals surface area contributed by atoms with E-state index in [1.165, 1.54) is 0 Å². The van der Waals surface area contributed by atoms with Gasteiger partial charge in [0.15, 0.2) is 0 Å². The van der Waals surface area contributed by atoms with Crippen LogP contribution < -0.4 is 5.69 Å². The highest BCUT2D eigenvalue weighted by molar-refractivity contribution is 4.95. The highest BCUT2D eigenvalue weighted by atomic mass is 16.1. The molecule has 0 unspecified atom stereocenters. The summed E-state index contributed by atoms with van der Waals surface area (Å²) in [5.74, 6) is 5.71. The predicted octanol–water partition coefficient (Wildman–Crippen LogP) is 0.600. The van der Waals surface area contributed by atoms with E-state index in [1.54, 1.807) is 35.5 Å². The van der Waals surface area contributed by atoms with Gasteiger partial charge in [-0.25, -0.2) is 4.79 Å². The van der Waals surface area contributed by atoms with E-state index in [0.717, 1.165) is 6.42 Å². The van der Waals surface area contributed by atoms with Gasteiger partial charge >= 0.3 is 5.69 Å². The molecule has 0 aromatic carbocycles. The maximum absolute atomic E-state index is 11.2. The normalized spacial score (nSPS) is 9.17. The first-order chi connectivity index (χ1) is 5.75. The fourth-order valence-electron chi connectivity index (χ4n) is 0.982. The summed E-state index contributed by atoms with van der Waals surface area (Å²) >= 11 is 0. The third-order valence-electron chi connectivity index (χ3n) is 1.67. The van der Waals surface area contributed by atoms with E-state index >= 15 is 0 Å². The van der Waals surface area contributed by atoms with E-state index in [9.17, 15) is 4.79 Å². The number of aryl methyl sites for hydroxylation is 2. The molecule has 0 atom stereocenters. The second kappa shape index (κ2) is 3.82. The third kappa shape index (κ3) is 1.79. The van der Waals surface area contributed by atoms with Crippen LogP contribution in [0.3, 0.4) is 0 Å². The van der Waals surface area contributed by atoms with Gasteiger partial charge in [-0.05, 0) is 6.92 Å². The maximum atomic E-state index is 11.2. The van der Waals surface area contributed by atoms with Gasteiger partial charge in [0.2, 0.25) is 0 Å². The molecule has 0 aliphatic carbocycles. The highest BCUT2D eigenvalue weighted by Crippen LogP contribution is 1.85. The Balaban J connectivity index is 2.68. The first-order valence-corrected chi connectivity index (χ1v) is 3.87. The largest absolute Gasteiger partial charge is 0.327 e. The van der Waals surface area contributed by atoms with Gasteiger partial charge in [-0.3, -0.25) is 4.57 Å². The van der Waals surface area contributed by atoms with Crippen molar-refractivity contribution in [1.82, 2.24) is 9.13 Å². The van der Waals surface area contributed by atoms with Crippen LogP contribution in [0.2, 0.25) is 0 Å². The van der Waals surface area contributed by atoms with Crippen molar-refractivity contribution < 1.29 is 0 Å². The van der Waals surface area contributed by atoms with Crippen molar-refractivity contribution in [3.8, 4) is 11.8 Å². The van der Waals surface area contributed by atoms with Crippen LogP contribution in [0.1, 0.15) is 13.3 Å². The van der Waals surface area contributed by atoms with Gasteiger partial charge in [-0.15, -0.1) is 11.8 Å². The predicted molar refractivity (Wildman–Crippen MR) is 47.7 cm³/mol. The Morgan fingerprint density at radius 2 is 2.25 bits per heavy atom. The van der Waals surface area contributed by atoms with Crippen molar-refractivity contribution in [3.05, 3.63) is 22.9 Å². The van der Waals surface area contributed by atoms with Crippen LogP contribution >= 0.6 is 0 Å². The summed E-state index contributed by atoms with van der Waals surface area (Å²) in [6.45, 7) is 2.48. The van der Waals surface area contributed by atoms with E-state index in [1.807, 2.05) is 0 Å². The molecule has 0 spiro atoms. The molecule has 0 N–H and O–H groups in total. The Labute approximate surface area is 71.6 Å². The Bertz CT molecular complexity index is 362. The average molecular weight is 164 g/mol. The molecule has 1 heterocycles. The van der Waals surface area contributed by atoms with Gasteiger partial charge in [0, 0.05) is 32.4 Å². The summed E-state index contributed by atoms with van der Waals surface area (Å²) in [6, 6.07) is 0. The first-order valence-electron chi connectivity index (χ1n) is 3.87. The fraction of sp³-hybridized carbons (Fsp3) is 0.444. The van der Waals surface area contributed by atoms with E-state index in [4.69, 9.17) is 0 Å². The Kier molecular flexibility index (Phi) is 2.76. The SMILES string of the molecule is CC#CCCn1ccn(C)c1=O. The average Bonchev–Trinajstić information content (AvgIpc) is 2.36. The fourth-order valence-corrected chi connectivity index (χ4v) is 0.982. The molecule has 0 bridgehead atoms. The molecular formula is C9H12N2O. The van der Waals surface area contributed by atoms with Crippen LogP contribution in [0.4, 0.5) is 0 Å². The lowest BCUT2D eigenvalue weighted by Crippen LogP contribution is -2.21. The molecule has 0 radical (unpaired) electrons. The van der Waals surface area contributed by atoms with Crippen molar-refractivity contribution in [1.29, 1.82) is 0 Å². The van der Waals surface area contributed by atoms with Gasteiger partial charge in [-0.2, -0.15) is 0 Å². The second-order valence-electron chi connectivity index (χ2n) is 2.56. The zero-order valence-electron chi connectivity index (χ0n) is 7.37. The molecule has 64 valence electrons. The molecule has 0 fully saturated rings. The van der Waals surface area contributed by atoms with Gasteiger partial charge in [-0.1, -0.05) is 0 Å². The van der Waals surface area contributed by atoms with E-state index in [0.29, 0.717) is 6.54 Å². The number of nitrogens with zero attached hydrogens (tertiary/aromatic N) is 2. The van der Waals surface area contributed by atoms with Crippen molar-refractivity contribution in [2.75, 3.05) is 0 Å². The first kappa shape index (κ1) is 8.66. The van der Waals surface area contributed by atoms with Gasteiger partial charge in [0.05, 0.1) is 0 Å². The van der Waals surface area contributed by atoms with Crippen LogP contribution in [0.15, 0.2) is 17.2 Å². The van der Waals surface area contributed by atoms with Crippen molar-refractivity contribution in [2.24, 2.45) is 7.05 Å². The van der Waals surface area contributed by atoms with Gasteiger partial charge < -0.3 is 4.57 Å². The van der Waals surface area contributed by atoms with Crippen LogP contribution in [-0.2, 0) is 13.6 Å². The summed E-state index contributed by atoms with van der Waals surface area (Å²) in [6.07, 6.45) is 4.27.